The van der Waals surface area contributed by atoms with Crippen LogP contribution in [0.15, 0.2) is 30.6 Å². The van der Waals surface area contributed by atoms with Crippen molar-refractivity contribution >= 4 is 0 Å². The van der Waals surface area contributed by atoms with Crippen LogP contribution in [0.1, 0.15) is 37.3 Å². The Hall–Kier alpha value is -1.61. The number of hydrogen-bond donors (Lipinski definition) is 1. The van der Waals surface area contributed by atoms with Gasteiger partial charge < -0.3 is 9.88 Å². The van der Waals surface area contributed by atoms with Crippen LogP contribution < -0.4 is 5.32 Å². The van der Waals surface area contributed by atoms with Gasteiger partial charge >= 0.3 is 0 Å². The van der Waals surface area contributed by atoms with E-state index in [9.17, 15) is 0 Å². The monoisotopic (exact) mass is 269 g/mol. The highest BCUT2D eigenvalue weighted by atomic mass is 15.1. The van der Waals surface area contributed by atoms with E-state index in [1.54, 1.807) is 0 Å². The van der Waals surface area contributed by atoms with Gasteiger partial charge in [0.1, 0.15) is 5.82 Å². The molecule has 1 aromatic heterocycles. The molecule has 1 aliphatic rings. The Morgan fingerprint density at radius 3 is 2.90 bits per heavy atom. The third-order valence-electron chi connectivity index (χ3n) is 3.88. The fourth-order valence-electron chi connectivity index (χ4n) is 2.61. The summed E-state index contributed by atoms with van der Waals surface area (Å²) in [5, 5.41) is 3.57. The summed E-state index contributed by atoms with van der Waals surface area (Å²) in [6.07, 6.45) is 7.77. The summed E-state index contributed by atoms with van der Waals surface area (Å²) in [6, 6.07) is 7.49. The minimum atomic E-state index is 0.762. The third kappa shape index (κ3) is 2.93. The first-order valence-corrected chi connectivity index (χ1v) is 7.62. The molecule has 3 heteroatoms. The molecule has 3 nitrogen and oxygen atoms in total. The second-order valence-electron chi connectivity index (χ2n) is 5.75. The standard InChI is InChI=1S/C17H23N3/c1-3-9-20-10-8-18-17(20)16-7-4-14(11-13(16)2)12-19-15-5-6-15/h4,7-8,10-11,15,19H,3,5-6,9,12H2,1-2H3. The molecule has 1 saturated carbocycles. The van der Waals surface area contributed by atoms with Crippen LogP contribution in [0.5, 0.6) is 0 Å². The molecule has 0 saturated heterocycles. The Labute approximate surface area is 121 Å². The highest BCUT2D eigenvalue weighted by Gasteiger charge is 2.20. The van der Waals surface area contributed by atoms with E-state index in [0.29, 0.717) is 0 Å². The first kappa shape index (κ1) is 13.4. The van der Waals surface area contributed by atoms with Crippen molar-refractivity contribution in [1.29, 1.82) is 0 Å². The molecule has 0 radical (unpaired) electrons. The molecule has 1 heterocycles. The predicted molar refractivity (Wildman–Crippen MR) is 82.6 cm³/mol. The van der Waals surface area contributed by atoms with E-state index >= 15 is 0 Å². The zero-order chi connectivity index (χ0) is 13.9. The van der Waals surface area contributed by atoms with E-state index in [4.69, 9.17) is 0 Å². The van der Waals surface area contributed by atoms with Gasteiger partial charge in [-0.05, 0) is 37.3 Å². The molecule has 20 heavy (non-hydrogen) atoms. The quantitative estimate of drug-likeness (QED) is 0.869. The maximum Gasteiger partial charge on any atom is 0.140 e. The van der Waals surface area contributed by atoms with E-state index in [1.165, 1.54) is 29.5 Å². The molecule has 106 valence electrons. The van der Waals surface area contributed by atoms with Crippen LogP contribution in [-0.4, -0.2) is 15.6 Å². The van der Waals surface area contributed by atoms with Crippen LogP contribution >= 0.6 is 0 Å². The van der Waals surface area contributed by atoms with Gasteiger partial charge in [0.15, 0.2) is 0 Å². The Balaban J connectivity index is 1.80. The van der Waals surface area contributed by atoms with Gasteiger partial charge in [0.25, 0.3) is 0 Å². The number of rotatable bonds is 6. The van der Waals surface area contributed by atoms with Gasteiger partial charge in [0, 0.05) is 37.1 Å². The lowest BCUT2D eigenvalue weighted by Gasteiger charge is -2.11. The fourth-order valence-corrected chi connectivity index (χ4v) is 2.61. The molecular weight excluding hydrogens is 246 g/mol. The summed E-state index contributed by atoms with van der Waals surface area (Å²) in [7, 11) is 0. The number of hydrogen-bond acceptors (Lipinski definition) is 2. The van der Waals surface area contributed by atoms with E-state index in [1.807, 2.05) is 6.20 Å². The Kier molecular flexibility index (Phi) is 3.88. The van der Waals surface area contributed by atoms with Crippen molar-refractivity contribution < 1.29 is 0 Å². The van der Waals surface area contributed by atoms with Crippen LogP contribution in [0.3, 0.4) is 0 Å². The average Bonchev–Trinajstić information content (AvgIpc) is 3.17. The summed E-state index contributed by atoms with van der Waals surface area (Å²) in [5.74, 6) is 1.09. The predicted octanol–water partition coefficient (Wildman–Crippen LogP) is 3.52. The van der Waals surface area contributed by atoms with Crippen molar-refractivity contribution in [2.45, 2.75) is 52.2 Å². The lowest BCUT2D eigenvalue weighted by atomic mass is 10.0. The zero-order valence-corrected chi connectivity index (χ0v) is 12.4. The summed E-state index contributed by atoms with van der Waals surface area (Å²) in [4.78, 5) is 4.53. The van der Waals surface area contributed by atoms with Gasteiger partial charge in [-0.25, -0.2) is 4.98 Å². The molecule has 1 N–H and O–H groups in total. The lowest BCUT2D eigenvalue weighted by Crippen LogP contribution is -2.15. The smallest absolute Gasteiger partial charge is 0.140 e. The number of aryl methyl sites for hydroxylation is 2. The Morgan fingerprint density at radius 1 is 1.35 bits per heavy atom. The van der Waals surface area contributed by atoms with Crippen molar-refractivity contribution in [2.75, 3.05) is 0 Å². The molecule has 3 rings (SSSR count). The van der Waals surface area contributed by atoms with E-state index in [2.05, 4.69) is 53.1 Å². The number of nitrogens with one attached hydrogen (secondary N) is 1. The molecule has 0 unspecified atom stereocenters. The third-order valence-corrected chi connectivity index (χ3v) is 3.88. The molecule has 0 aliphatic heterocycles. The minimum absolute atomic E-state index is 0.762. The molecule has 0 amide bonds. The summed E-state index contributed by atoms with van der Waals surface area (Å²) >= 11 is 0. The maximum absolute atomic E-state index is 4.53. The van der Waals surface area contributed by atoms with Gasteiger partial charge in [-0.2, -0.15) is 0 Å². The van der Waals surface area contributed by atoms with Crippen molar-refractivity contribution in [2.24, 2.45) is 0 Å². The van der Waals surface area contributed by atoms with Crippen LogP contribution in [0.25, 0.3) is 11.4 Å². The van der Waals surface area contributed by atoms with Gasteiger partial charge in [-0.3, -0.25) is 0 Å². The normalized spacial score (nSPS) is 14.7. The first-order valence-electron chi connectivity index (χ1n) is 7.62. The second kappa shape index (κ2) is 5.80. The number of aromatic nitrogens is 2. The second-order valence-corrected chi connectivity index (χ2v) is 5.75. The highest BCUT2D eigenvalue weighted by molar-refractivity contribution is 5.61. The maximum atomic E-state index is 4.53. The van der Waals surface area contributed by atoms with Gasteiger partial charge in [0.05, 0.1) is 0 Å². The Bertz CT molecular complexity index is 582. The topological polar surface area (TPSA) is 29.9 Å². The molecule has 1 fully saturated rings. The lowest BCUT2D eigenvalue weighted by molar-refractivity contribution is 0.683. The molecule has 0 bridgehead atoms. The minimum Gasteiger partial charge on any atom is -0.331 e. The highest BCUT2D eigenvalue weighted by Crippen LogP contribution is 2.24. The molecule has 1 aromatic carbocycles. The largest absolute Gasteiger partial charge is 0.331 e. The van der Waals surface area contributed by atoms with Crippen LogP contribution in [0, 0.1) is 6.92 Å². The summed E-state index contributed by atoms with van der Waals surface area (Å²) in [6.45, 7) is 6.39. The van der Waals surface area contributed by atoms with Gasteiger partial charge in [-0.15, -0.1) is 0 Å². The van der Waals surface area contributed by atoms with E-state index < -0.39 is 0 Å². The van der Waals surface area contributed by atoms with Gasteiger partial charge in [-0.1, -0.05) is 25.1 Å². The van der Waals surface area contributed by atoms with Gasteiger partial charge in [0.2, 0.25) is 0 Å². The molecule has 0 spiro atoms. The first-order chi connectivity index (χ1) is 9.78. The fraction of sp³-hybridized carbons (Fsp3) is 0.471. The molecule has 1 aliphatic carbocycles. The average molecular weight is 269 g/mol. The summed E-state index contributed by atoms with van der Waals surface area (Å²) in [5.41, 5.74) is 3.93. The van der Waals surface area contributed by atoms with Crippen LogP contribution in [-0.2, 0) is 13.1 Å². The van der Waals surface area contributed by atoms with Crippen LogP contribution in [0.4, 0.5) is 0 Å². The summed E-state index contributed by atoms with van der Waals surface area (Å²) < 4.78 is 2.24. The number of imidazole rings is 1. The SMILES string of the molecule is CCCn1ccnc1-c1ccc(CNC2CC2)cc1C. The van der Waals surface area contributed by atoms with Crippen molar-refractivity contribution in [1.82, 2.24) is 14.9 Å². The molecule has 0 atom stereocenters. The van der Waals surface area contributed by atoms with E-state index in [0.717, 1.165) is 31.4 Å². The van der Waals surface area contributed by atoms with E-state index in [-0.39, 0.29) is 0 Å². The van der Waals surface area contributed by atoms with Crippen LogP contribution in [0.2, 0.25) is 0 Å². The van der Waals surface area contributed by atoms with Crippen molar-refractivity contribution in [3.63, 3.8) is 0 Å². The molecule has 2 aromatic rings. The Morgan fingerprint density at radius 2 is 2.20 bits per heavy atom. The van der Waals surface area contributed by atoms with Crippen molar-refractivity contribution in [3.8, 4) is 11.4 Å². The number of benzene rings is 1. The number of nitrogens with zero attached hydrogens (tertiary/aromatic N) is 2. The zero-order valence-electron chi connectivity index (χ0n) is 12.4. The molecular formula is C17H23N3. The van der Waals surface area contributed by atoms with Crippen molar-refractivity contribution in [3.05, 3.63) is 41.7 Å².